The number of hydrogen-bond acceptors (Lipinski definition) is 5. The lowest BCUT2D eigenvalue weighted by molar-refractivity contribution is -0.138. The Hall–Kier alpha value is -2.75. The molecule has 0 aromatic carbocycles. The second-order valence-electron chi connectivity index (χ2n) is 7.88. The first-order chi connectivity index (χ1) is 15.2. The fourth-order valence-corrected chi connectivity index (χ4v) is 4.39. The molecule has 0 unspecified atom stereocenters. The summed E-state index contributed by atoms with van der Waals surface area (Å²) in [5.41, 5.74) is -0.888. The average Bonchev–Trinajstić information content (AvgIpc) is 3.33. The number of piperidine rings is 1. The van der Waals surface area contributed by atoms with Gasteiger partial charge in [-0.2, -0.15) is 13.2 Å². The van der Waals surface area contributed by atoms with E-state index >= 15 is 0 Å². The van der Waals surface area contributed by atoms with Crippen LogP contribution in [0.15, 0.2) is 35.1 Å². The molecule has 0 radical (unpaired) electrons. The van der Waals surface area contributed by atoms with Crippen LogP contribution in [0.5, 0.6) is 0 Å². The molecule has 2 aromatic rings. The third kappa shape index (κ3) is 4.69. The monoisotopic (exact) mass is 470 g/mol. The predicted octanol–water partition coefficient (Wildman–Crippen LogP) is 3.55. The van der Waals surface area contributed by atoms with Crippen LogP contribution >= 0.6 is 11.6 Å². The van der Waals surface area contributed by atoms with E-state index in [0.29, 0.717) is 57.9 Å². The summed E-state index contributed by atoms with van der Waals surface area (Å²) in [5, 5.41) is -0.0538. The number of halogens is 4. The van der Waals surface area contributed by atoms with Crippen molar-refractivity contribution >= 4 is 29.2 Å². The SMILES string of the molecule is O=C(c1ccco1)N1CCN(C(=O)C2CCN(c3ncc(C(F)(F)F)cc3Cl)CC2)CC1. The Morgan fingerprint density at radius 1 is 1.06 bits per heavy atom. The number of piperazine rings is 1. The summed E-state index contributed by atoms with van der Waals surface area (Å²) in [6.07, 6.45) is -1.15. The number of alkyl halides is 3. The summed E-state index contributed by atoms with van der Waals surface area (Å²) >= 11 is 6.05. The molecule has 2 amide bonds. The maximum absolute atomic E-state index is 12.9. The number of pyridine rings is 1. The van der Waals surface area contributed by atoms with Crippen molar-refractivity contribution in [3.05, 3.63) is 47.0 Å². The summed E-state index contributed by atoms with van der Waals surface area (Å²) < 4.78 is 43.6. The van der Waals surface area contributed by atoms with Gasteiger partial charge in [-0.1, -0.05) is 11.6 Å². The molecule has 0 N–H and O–H groups in total. The Kier molecular flexibility index (Phi) is 6.32. The Labute approximate surface area is 187 Å². The molecule has 2 aromatic heterocycles. The van der Waals surface area contributed by atoms with E-state index in [4.69, 9.17) is 16.0 Å². The van der Waals surface area contributed by atoms with Crippen LogP contribution in [-0.2, 0) is 11.0 Å². The number of rotatable bonds is 3. The van der Waals surface area contributed by atoms with Gasteiger partial charge in [0.25, 0.3) is 5.91 Å². The number of amides is 2. The highest BCUT2D eigenvalue weighted by atomic mass is 35.5. The van der Waals surface area contributed by atoms with Crippen molar-refractivity contribution in [2.24, 2.45) is 5.92 Å². The fraction of sp³-hybridized carbons (Fsp3) is 0.476. The molecule has 32 heavy (non-hydrogen) atoms. The zero-order valence-corrected chi connectivity index (χ0v) is 17.9. The molecule has 11 heteroatoms. The van der Waals surface area contributed by atoms with Crippen LogP contribution < -0.4 is 4.90 Å². The number of nitrogens with zero attached hydrogens (tertiary/aromatic N) is 4. The third-order valence-electron chi connectivity index (χ3n) is 5.90. The van der Waals surface area contributed by atoms with Crippen molar-refractivity contribution in [1.29, 1.82) is 0 Å². The van der Waals surface area contributed by atoms with Gasteiger partial charge in [0.15, 0.2) is 5.76 Å². The van der Waals surface area contributed by atoms with E-state index in [1.54, 1.807) is 21.9 Å². The van der Waals surface area contributed by atoms with Gasteiger partial charge >= 0.3 is 6.18 Å². The lowest BCUT2D eigenvalue weighted by atomic mass is 9.95. The van der Waals surface area contributed by atoms with Crippen molar-refractivity contribution < 1.29 is 27.2 Å². The minimum atomic E-state index is -4.50. The highest BCUT2D eigenvalue weighted by Gasteiger charge is 2.34. The molecule has 172 valence electrons. The van der Waals surface area contributed by atoms with E-state index in [9.17, 15) is 22.8 Å². The van der Waals surface area contributed by atoms with Gasteiger partial charge < -0.3 is 19.1 Å². The number of carbonyl (C=O) groups is 2. The normalized spacial score (nSPS) is 18.2. The molecule has 2 saturated heterocycles. The average molecular weight is 471 g/mol. The van der Waals surface area contributed by atoms with Crippen LogP contribution in [-0.4, -0.2) is 65.9 Å². The first-order valence-electron chi connectivity index (χ1n) is 10.3. The lowest BCUT2D eigenvalue weighted by Crippen LogP contribution is -2.53. The molecule has 2 aliphatic rings. The van der Waals surface area contributed by atoms with Crippen LogP contribution in [0.3, 0.4) is 0 Å². The van der Waals surface area contributed by atoms with Gasteiger partial charge in [0.05, 0.1) is 16.8 Å². The summed E-state index contributed by atoms with van der Waals surface area (Å²) in [5.74, 6) is 0.271. The van der Waals surface area contributed by atoms with Crippen molar-refractivity contribution in [3.8, 4) is 0 Å². The summed E-state index contributed by atoms with van der Waals surface area (Å²) in [7, 11) is 0. The zero-order valence-electron chi connectivity index (χ0n) is 17.1. The van der Waals surface area contributed by atoms with Gasteiger partial charge in [0.1, 0.15) is 5.82 Å². The molecule has 0 bridgehead atoms. The van der Waals surface area contributed by atoms with Crippen LogP contribution in [0.1, 0.15) is 29.0 Å². The fourth-order valence-electron chi connectivity index (χ4n) is 4.10. The van der Waals surface area contributed by atoms with E-state index in [-0.39, 0.29) is 28.5 Å². The molecule has 0 atom stereocenters. The smallest absolute Gasteiger partial charge is 0.417 e. The maximum atomic E-state index is 12.9. The van der Waals surface area contributed by atoms with Crippen molar-refractivity contribution in [1.82, 2.24) is 14.8 Å². The standard InChI is InChI=1S/C21H22ClF3N4O3/c22-16-12-15(21(23,24)25)13-26-18(16)27-5-3-14(4-6-27)19(30)28-7-9-29(10-8-28)20(31)17-2-1-11-32-17/h1-2,11-14H,3-10H2. The van der Waals surface area contributed by atoms with E-state index < -0.39 is 11.7 Å². The number of carbonyl (C=O) groups excluding carboxylic acids is 2. The van der Waals surface area contributed by atoms with Crippen molar-refractivity contribution in [3.63, 3.8) is 0 Å². The van der Waals surface area contributed by atoms with Crippen LogP contribution in [0.25, 0.3) is 0 Å². The third-order valence-corrected chi connectivity index (χ3v) is 6.18. The first kappa shape index (κ1) is 22.4. The van der Waals surface area contributed by atoms with Crippen LogP contribution in [0, 0.1) is 5.92 Å². The van der Waals surface area contributed by atoms with E-state index in [0.717, 1.165) is 12.3 Å². The molecule has 0 spiro atoms. The Balaban J connectivity index is 1.29. The summed E-state index contributed by atoms with van der Waals surface area (Å²) in [4.78, 5) is 34.5. The molecule has 7 nitrogen and oxygen atoms in total. The van der Waals surface area contributed by atoms with Gasteiger partial charge in [-0.3, -0.25) is 9.59 Å². The topological polar surface area (TPSA) is 69.9 Å². The molecular formula is C21H22ClF3N4O3. The first-order valence-corrected chi connectivity index (χ1v) is 10.7. The van der Waals surface area contributed by atoms with Crippen LogP contribution in [0.2, 0.25) is 5.02 Å². The van der Waals surface area contributed by atoms with E-state index in [1.165, 1.54) is 6.26 Å². The minimum absolute atomic E-state index is 0.0428. The number of aromatic nitrogens is 1. The maximum Gasteiger partial charge on any atom is 0.417 e. The number of anilines is 1. The molecule has 0 saturated carbocycles. The minimum Gasteiger partial charge on any atom is -0.459 e. The van der Waals surface area contributed by atoms with Crippen molar-refractivity contribution in [2.45, 2.75) is 19.0 Å². The van der Waals surface area contributed by atoms with Gasteiger partial charge in [-0.05, 0) is 31.0 Å². The molecule has 4 rings (SSSR count). The van der Waals surface area contributed by atoms with E-state index in [2.05, 4.69) is 4.98 Å². The summed E-state index contributed by atoms with van der Waals surface area (Å²) in [6.45, 7) is 2.75. The summed E-state index contributed by atoms with van der Waals surface area (Å²) in [6, 6.07) is 4.16. The van der Waals surface area contributed by atoms with Gasteiger partial charge in [-0.15, -0.1) is 0 Å². The second-order valence-corrected chi connectivity index (χ2v) is 8.29. The number of furan rings is 1. The van der Waals surface area contributed by atoms with E-state index in [1.807, 2.05) is 4.90 Å². The quantitative estimate of drug-likeness (QED) is 0.686. The Morgan fingerprint density at radius 2 is 1.72 bits per heavy atom. The number of hydrogen-bond donors (Lipinski definition) is 0. The highest BCUT2D eigenvalue weighted by Crippen LogP contribution is 2.34. The zero-order chi connectivity index (χ0) is 22.9. The molecule has 2 aliphatic heterocycles. The predicted molar refractivity (Wildman–Crippen MR) is 110 cm³/mol. The lowest BCUT2D eigenvalue weighted by Gasteiger charge is -2.38. The van der Waals surface area contributed by atoms with Crippen LogP contribution in [0.4, 0.5) is 19.0 Å². The van der Waals surface area contributed by atoms with Gasteiger partial charge in [-0.25, -0.2) is 4.98 Å². The molecular weight excluding hydrogens is 449 g/mol. The Morgan fingerprint density at radius 3 is 2.28 bits per heavy atom. The largest absolute Gasteiger partial charge is 0.459 e. The van der Waals surface area contributed by atoms with Gasteiger partial charge in [0.2, 0.25) is 5.91 Å². The molecule has 4 heterocycles. The molecule has 0 aliphatic carbocycles. The van der Waals surface area contributed by atoms with Crippen molar-refractivity contribution in [2.75, 3.05) is 44.2 Å². The highest BCUT2D eigenvalue weighted by molar-refractivity contribution is 6.33. The molecule has 2 fully saturated rings. The Bertz CT molecular complexity index is 967. The second kappa shape index (κ2) is 9.01. The van der Waals surface area contributed by atoms with Gasteiger partial charge in [0, 0.05) is 51.4 Å².